The summed E-state index contributed by atoms with van der Waals surface area (Å²) in [6.45, 7) is 0. The number of carbonyl (C=O) groups excluding carboxylic acids is 1. The maximum atomic E-state index is 12.2. The molecule has 88 valence electrons. The lowest BCUT2D eigenvalue weighted by atomic mass is 10.1. The second kappa shape index (κ2) is 4.38. The summed E-state index contributed by atoms with van der Waals surface area (Å²) < 4.78 is 5.80. The van der Waals surface area contributed by atoms with Gasteiger partial charge in [-0.2, -0.15) is 0 Å². The van der Waals surface area contributed by atoms with E-state index >= 15 is 0 Å². The van der Waals surface area contributed by atoms with Crippen molar-refractivity contribution in [2.24, 2.45) is 0 Å². The van der Waals surface area contributed by atoms with Crippen LogP contribution in [0.5, 0.6) is 0 Å². The summed E-state index contributed by atoms with van der Waals surface area (Å²) in [7, 11) is 0. The van der Waals surface area contributed by atoms with Gasteiger partial charge >= 0.3 is 0 Å². The van der Waals surface area contributed by atoms with Crippen LogP contribution in [0.15, 0.2) is 57.6 Å². The van der Waals surface area contributed by atoms with Gasteiger partial charge in [0.25, 0.3) is 0 Å². The van der Waals surface area contributed by atoms with Crippen LogP contribution < -0.4 is 0 Å². The average Bonchev–Trinajstić information content (AvgIpc) is 2.83. The van der Waals surface area contributed by atoms with Gasteiger partial charge in [0, 0.05) is 5.39 Å². The second-order valence-corrected chi connectivity index (χ2v) is 4.67. The van der Waals surface area contributed by atoms with Gasteiger partial charge in [-0.05, 0) is 34.1 Å². The third-order valence-corrected chi connectivity index (χ3v) is 3.28. The lowest BCUT2D eigenvalue weighted by Gasteiger charge is -2.00. The number of hydrogen-bond acceptors (Lipinski definition) is 3. The molecule has 3 nitrogen and oxygen atoms in total. The Kier molecular flexibility index (Phi) is 2.72. The van der Waals surface area contributed by atoms with Gasteiger partial charge in [-0.15, -0.1) is 0 Å². The van der Waals surface area contributed by atoms with Gasteiger partial charge in [-0.3, -0.25) is 4.79 Å². The summed E-state index contributed by atoms with van der Waals surface area (Å²) in [5.74, 6) is 0.0513. The molecule has 0 aliphatic rings. The molecule has 0 spiro atoms. The minimum Gasteiger partial charge on any atom is -0.460 e. The number of rotatable bonds is 2. The number of nitrogens with zero attached hydrogens (tertiary/aromatic N) is 1. The van der Waals surface area contributed by atoms with Gasteiger partial charge in [0.05, 0.1) is 16.3 Å². The maximum Gasteiger partial charge on any atom is 0.247 e. The third kappa shape index (κ3) is 1.84. The minimum atomic E-state index is -0.224. The number of hydrogen-bond donors (Lipinski definition) is 0. The smallest absolute Gasteiger partial charge is 0.247 e. The molecule has 2 aromatic heterocycles. The molecule has 0 radical (unpaired) electrons. The molecule has 0 unspecified atom stereocenters. The van der Waals surface area contributed by atoms with Gasteiger partial charge < -0.3 is 4.42 Å². The third-order valence-electron chi connectivity index (χ3n) is 2.65. The van der Waals surface area contributed by atoms with Crippen LogP contribution in [-0.2, 0) is 0 Å². The molecule has 0 bridgehead atoms. The van der Waals surface area contributed by atoms with E-state index in [4.69, 9.17) is 4.42 Å². The van der Waals surface area contributed by atoms with Crippen LogP contribution in [0.3, 0.4) is 0 Å². The highest BCUT2D eigenvalue weighted by Gasteiger charge is 2.17. The van der Waals surface area contributed by atoms with E-state index in [0.717, 1.165) is 10.9 Å². The molecule has 2 heterocycles. The zero-order chi connectivity index (χ0) is 12.5. The number of aromatic nitrogens is 1. The van der Waals surface area contributed by atoms with Crippen molar-refractivity contribution >= 4 is 32.6 Å². The molecule has 18 heavy (non-hydrogen) atoms. The first-order valence-electron chi connectivity index (χ1n) is 5.39. The normalized spacial score (nSPS) is 10.7. The average molecular weight is 302 g/mol. The number of pyridine rings is 1. The number of halogens is 1. The van der Waals surface area contributed by atoms with E-state index in [0.29, 0.717) is 10.2 Å². The quantitative estimate of drug-likeness (QED) is 0.676. The molecule has 3 rings (SSSR count). The summed E-state index contributed by atoms with van der Waals surface area (Å²) in [4.78, 5) is 16.5. The molecule has 0 fully saturated rings. The Hall–Kier alpha value is -1.94. The molecule has 0 atom stereocenters. The summed E-state index contributed by atoms with van der Waals surface area (Å²) in [5, 5.41) is 1.01. The molecule has 0 saturated carbocycles. The Morgan fingerprint density at radius 1 is 1.11 bits per heavy atom. The van der Waals surface area contributed by atoms with Crippen LogP contribution in [0.2, 0.25) is 0 Å². The largest absolute Gasteiger partial charge is 0.460 e. The van der Waals surface area contributed by atoms with Crippen molar-refractivity contribution < 1.29 is 9.21 Å². The molecule has 4 heteroatoms. The molecule has 0 aliphatic heterocycles. The standard InChI is InChI=1S/C14H8BrNO2/c15-10-7-8-18-14(10)13(17)12-6-5-9-3-1-2-4-11(9)16-12/h1-8H. The van der Waals surface area contributed by atoms with Crippen molar-refractivity contribution in [3.05, 3.63) is 64.7 Å². The van der Waals surface area contributed by atoms with Crippen molar-refractivity contribution in [2.45, 2.75) is 0 Å². The number of ketones is 1. The lowest BCUT2D eigenvalue weighted by molar-refractivity contribution is 0.100. The fraction of sp³-hybridized carbons (Fsp3) is 0. The topological polar surface area (TPSA) is 43.1 Å². The molecule has 3 aromatic rings. The van der Waals surface area contributed by atoms with Crippen LogP contribution in [0.1, 0.15) is 16.2 Å². The van der Waals surface area contributed by atoms with Crippen LogP contribution >= 0.6 is 15.9 Å². The molecule has 0 aliphatic carbocycles. The second-order valence-electron chi connectivity index (χ2n) is 3.82. The van der Waals surface area contributed by atoms with Gasteiger partial charge in [0.2, 0.25) is 5.78 Å². The van der Waals surface area contributed by atoms with Crippen molar-refractivity contribution in [2.75, 3.05) is 0 Å². The van der Waals surface area contributed by atoms with Crippen molar-refractivity contribution in [1.29, 1.82) is 0 Å². The van der Waals surface area contributed by atoms with Crippen molar-refractivity contribution in [3.8, 4) is 0 Å². The number of benzene rings is 1. The van der Waals surface area contributed by atoms with E-state index in [1.54, 1.807) is 12.1 Å². The van der Waals surface area contributed by atoms with Crippen LogP contribution in [0.25, 0.3) is 10.9 Å². The van der Waals surface area contributed by atoms with E-state index in [2.05, 4.69) is 20.9 Å². The van der Waals surface area contributed by atoms with E-state index < -0.39 is 0 Å². The maximum absolute atomic E-state index is 12.2. The van der Waals surface area contributed by atoms with E-state index in [-0.39, 0.29) is 11.5 Å². The van der Waals surface area contributed by atoms with Gasteiger partial charge in [-0.25, -0.2) is 4.98 Å². The summed E-state index contributed by atoms with van der Waals surface area (Å²) >= 11 is 3.27. The fourth-order valence-electron chi connectivity index (χ4n) is 1.76. The Morgan fingerprint density at radius 3 is 2.72 bits per heavy atom. The summed E-state index contributed by atoms with van der Waals surface area (Å²) in [6.07, 6.45) is 1.47. The Balaban J connectivity index is 2.10. The molecule has 0 amide bonds. The lowest BCUT2D eigenvalue weighted by Crippen LogP contribution is -2.03. The fourth-order valence-corrected chi connectivity index (χ4v) is 2.15. The first-order valence-corrected chi connectivity index (χ1v) is 6.18. The zero-order valence-electron chi connectivity index (χ0n) is 9.26. The predicted octanol–water partition coefficient (Wildman–Crippen LogP) is 3.82. The first-order chi connectivity index (χ1) is 8.75. The molecule has 0 saturated heterocycles. The minimum absolute atomic E-state index is 0.224. The molecule has 1 aromatic carbocycles. The highest BCUT2D eigenvalue weighted by molar-refractivity contribution is 9.10. The van der Waals surface area contributed by atoms with Crippen LogP contribution in [0.4, 0.5) is 0 Å². The Labute approximate surface area is 112 Å². The van der Waals surface area contributed by atoms with Crippen molar-refractivity contribution in [1.82, 2.24) is 4.98 Å². The highest BCUT2D eigenvalue weighted by atomic mass is 79.9. The van der Waals surface area contributed by atoms with E-state index in [9.17, 15) is 4.79 Å². The van der Waals surface area contributed by atoms with E-state index in [1.807, 2.05) is 30.3 Å². The summed E-state index contributed by atoms with van der Waals surface area (Å²) in [6, 6.07) is 12.9. The van der Waals surface area contributed by atoms with Gasteiger partial charge in [0.1, 0.15) is 5.69 Å². The van der Waals surface area contributed by atoms with Crippen LogP contribution in [0, 0.1) is 0 Å². The Morgan fingerprint density at radius 2 is 1.94 bits per heavy atom. The number of furan rings is 1. The number of carbonyl (C=O) groups is 1. The predicted molar refractivity (Wildman–Crippen MR) is 71.6 cm³/mol. The van der Waals surface area contributed by atoms with Crippen molar-refractivity contribution in [3.63, 3.8) is 0 Å². The highest BCUT2D eigenvalue weighted by Crippen LogP contribution is 2.21. The van der Waals surface area contributed by atoms with Gasteiger partial charge in [-0.1, -0.05) is 24.3 Å². The monoisotopic (exact) mass is 301 g/mol. The van der Waals surface area contributed by atoms with E-state index in [1.165, 1.54) is 6.26 Å². The summed E-state index contributed by atoms with van der Waals surface area (Å²) in [5.41, 5.74) is 1.18. The SMILES string of the molecule is O=C(c1ccc2ccccc2n1)c1occc1Br. The zero-order valence-corrected chi connectivity index (χ0v) is 10.8. The molecular weight excluding hydrogens is 294 g/mol. The molecule has 0 N–H and O–H groups in total. The number of para-hydroxylation sites is 1. The van der Waals surface area contributed by atoms with Crippen LogP contribution in [-0.4, -0.2) is 10.8 Å². The van der Waals surface area contributed by atoms with Gasteiger partial charge in [0.15, 0.2) is 5.76 Å². The molecular formula is C14H8BrNO2. The Bertz CT molecular complexity index is 733. The first kappa shape index (κ1) is 11.2. The number of fused-ring (bicyclic) bond motifs is 1.